The topological polar surface area (TPSA) is 44.8 Å². The number of carbonyl (C=O) groups excluding carboxylic acids is 1. The monoisotopic (exact) mass is 351 g/mol. The fourth-order valence-corrected chi connectivity index (χ4v) is 4.90. The summed E-state index contributed by atoms with van der Waals surface area (Å²) in [7, 11) is 0. The molecule has 3 rings (SSSR count). The number of nitrogens with zero attached hydrogens (tertiary/aromatic N) is 2. The molecular weight excluding hydrogens is 314 g/mol. The highest BCUT2D eigenvalue weighted by molar-refractivity contribution is 5.79. The van der Waals surface area contributed by atoms with Crippen molar-refractivity contribution in [3.05, 3.63) is 0 Å². The predicted octanol–water partition coefficient (Wildman–Crippen LogP) is 2.26. The summed E-state index contributed by atoms with van der Waals surface area (Å²) in [4.78, 5) is 17.5. The lowest BCUT2D eigenvalue weighted by atomic mass is 9.94. The molecule has 0 spiro atoms. The van der Waals surface area contributed by atoms with E-state index >= 15 is 0 Å². The SMILES string of the molecule is C[C@@H]1CN(CCCNC(=O)[C@@H]2CCN(C3CCCCC3)C2)C[C@@H](C)O1. The van der Waals surface area contributed by atoms with Crippen LogP contribution in [0.3, 0.4) is 0 Å². The van der Waals surface area contributed by atoms with E-state index in [9.17, 15) is 4.79 Å². The fourth-order valence-electron chi connectivity index (χ4n) is 4.90. The Morgan fingerprint density at radius 1 is 1.04 bits per heavy atom. The first-order valence-electron chi connectivity index (χ1n) is 10.5. The summed E-state index contributed by atoms with van der Waals surface area (Å²) >= 11 is 0. The standard InChI is InChI=1S/C20H37N3O2/c1-16-13-22(14-17(2)25-16)11-6-10-21-20(24)18-9-12-23(15-18)19-7-4-3-5-8-19/h16-19H,3-15H2,1-2H3,(H,21,24)/t16-,17-,18-/m1/s1. The lowest BCUT2D eigenvalue weighted by molar-refractivity contribution is -0.124. The van der Waals surface area contributed by atoms with Gasteiger partial charge in [-0.15, -0.1) is 0 Å². The zero-order chi connectivity index (χ0) is 17.6. The summed E-state index contributed by atoms with van der Waals surface area (Å²) in [5, 5.41) is 3.19. The van der Waals surface area contributed by atoms with Crippen molar-refractivity contribution in [1.29, 1.82) is 0 Å². The van der Waals surface area contributed by atoms with Gasteiger partial charge in [0.2, 0.25) is 5.91 Å². The number of hydrogen-bond donors (Lipinski definition) is 1. The van der Waals surface area contributed by atoms with Crippen molar-refractivity contribution in [3.8, 4) is 0 Å². The zero-order valence-electron chi connectivity index (χ0n) is 16.2. The van der Waals surface area contributed by atoms with Crippen molar-refractivity contribution in [1.82, 2.24) is 15.1 Å². The van der Waals surface area contributed by atoms with Crippen LogP contribution in [-0.4, -0.2) is 73.2 Å². The van der Waals surface area contributed by atoms with E-state index in [1.807, 2.05) is 0 Å². The summed E-state index contributed by atoms with van der Waals surface area (Å²) in [6, 6.07) is 0.747. The van der Waals surface area contributed by atoms with Crippen LogP contribution in [0.1, 0.15) is 58.8 Å². The number of rotatable bonds is 6. The Kier molecular flexibility index (Phi) is 7.14. The van der Waals surface area contributed by atoms with Crippen molar-refractivity contribution < 1.29 is 9.53 Å². The third-order valence-electron chi connectivity index (χ3n) is 6.13. The first-order valence-corrected chi connectivity index (χ1v) is 10.5. The molecule has 2 saturated heterocycles. The normalized spacial score (nSPS) is 32.8. The van der Waals surface area contributed by atoms with Crippen LogP contribution in [0.15, 0.2) is 0 Å². The van der Waals surface area contributed by atoms with Gasteiger partial charge in [-0.05, 0) is 46.1 Å². The third kappa shape index (κ3) is 5.66. The van der Waals surface area contributed by atoms with Crippen molar-refractivity contribution in [2.75, 3.05) is 39.3 Å². The van der Waals surface area contributed by atoms with E-state index in [-0.39, 0.29) is 11.8 Å². The summed E-state index contributed by atoms with van der Waals surface area (Å²) in [5.74, 6) is 0.493. The Labute approximate surface area is 153 Å². The lowest BCUT2D eigenvalue weighted by Crippen LogP contribution is -2.46. The van der Waals surface area contributed by atoms with Gasteiger partial charge in [0.15, 0.2) is 0 Å². The predicted molar refractivity (Wildman–Crippen MR) is 101 cm³/mol. The molecule has 0 unspecified atom stereocenters. The summed E-state index contributed by atoms with van der Waals surface area (Å²) < 4.78 is 5.77. The molecule has 0 radical (unpaired) electrons. The Morgan fingerprint density at radius 3 is 2.48 bits per heavy atom. The molecule has 0 aromatic heterocycles. The number of ether oxygens (including phenoxy) is 1. The second-order valence-corrected chi connectivity index (χ2v) is 8.43. The molecule has 3 atom stereocenters. The van der Waals surface area contributed by atoms with Gasteiger partial charge in [0.25, 0.3) is 0 Å². The number of amides is 1. The lowest BCUT2D eigenvalue weighted by Gasteiger charge is -2.35. The molecule has 3 aliphatic rings. The van der Waals surface area contributed by atoms with E-state index in [2.05, 4.69) is 29.0 Å². The minimum atomic E-state index is 0.213. The first kappa shape index (κ1) is 19.1. The molecule has 1 aliphatic carbocycles. The van der Waals surface area contributed by atoms with Gasteiger partial charge in [0.05, 0.1) is 18.1 Å². The van der Waals surface area contributed by atoms with Gasteiger partial charge in [0.1, 0.15) is 0 Å². The van der Waals surface area contributed by atoms with Crippen molar-refractivity contribution in [3.63, 3.8) is 0 Å². The minimum Gasteiger partial charge on any atom is -0.373 e. The van der Waals surface area contributed by atoms with E-state index in [0.29, 0.717) is 12.2 Å². The van der Waals surface area contributed by atoms with Gasteiger partial charge < -0.3 is 10.1 Å². The highest BCUT2D eigenvalue weighted by Gasteiger charge is 2.32. The maximum atomic E-state index is 12.5. The van der Waals surface area contributed by atoms with E-state index in [0.717, 1.165) is 58.2 Å². The maximum absolute atomic E-state index is 12.5. The number of nitrogens with one attached hydrogen (secondary N) is 1. The van der Waals surface area contributed by atoms with Crippen molar-refractivity contribution in [2.45, 2.75) is 77.0 Å². The molecule has 2 aliphatic heterocycles. The number of morpholine rings is 1. The first-order chi connectivity index (χ1) is 12.1. The molecule has 144 valence electrons. The van der Waals surface area contributed by atoms with Crippen LogP contribution in [0.4, 0.5) is 0 Å². The highest BCUT2D eigenvalue weighted by atomic mass is 16.5. The van der Waals surface area contributed by atoms with Crippen LogP contribution in [0.5, 0.6) is 0 Å². The quantitative estimate of drug-likeness (QED) is 0.746. The Balaban J connectivity index is 1.30. The Morgan fingerprint density at radius 2 is 1.76 bits per heavy atom. The largest absolute Gasteiger partial charge is 0.373 e. The number of hydrogen-bond acceptors (Lipinski definition) is 4. The average molecular weight is 352 g/mol. The Bertz CT molecular complexity index is 415. The zero-order valence-corrected chi connectivity index (χ0v) is 16.2. The molecule has 3 fully saturated rings. The summed E-state index contributed by atoms with van der Waals surface area (Å²) in [6.45, 7) is 10.3. The van der Waals surface area contributed by atoms with Crippen LogP contribution >= 0.6 is 0 Å². The summed E-state index contributed by atoms with van der Waals surface area (Å²) in [5.41, 5.74) is 0. The van der Waals surface area contributed by atoms with Crippen LogP contribution in [0, 0.1) is 5.92 Å². The van der Waals surface area contributed by atoms with Gasteiger partial charge in [-0.1, -0.05) is 19.3 Å². The molecule has 25 heavy (non-hydrogen) atoms. The molecule has 0 aromatic rings. The Hall–Kier alpha value is -0.650. The molecule has 1 saturated carbocycles. The van der Waals surface area contributed by atoms with Crippen LogP contribution in [-0.2, 0) is 9.53 Å². The fraction of sp³-hybridized carbons (Fsp3) is 0.950. The van der Waals surface area contributed by atoms with Gasteiger partial charge >= 0.3 is 0 Å². The molecule has 5 nitrogen and oxygen atoms in total. The van der Waals surface area contributed by atoms with Crippen LogP contribution in [0.2, 0.25) is 0 Å². The molecular formula is C20H37N3O2. The second-order valence-electron chi connectivity index (χ2n) is 8.43. The summed E-state index contributed by atoms with van der Waals surface area (Å²) in [6.07, 6.45) is 9.54. The number of likely N-dealkylation sites (tertiary alicyclic amines) is 1. The maximum Gasteiger partial charge on any atom is 0.224 e. The minimum absolute atomic E-state index is 0.213. The van der Waals surface area contributed by atoms with Gasteiger partial charge in [0, 0.05) is 38.8 Å². The van der Waals surface area contributed by atoms with E-state index in [1.165, 1.54) is 32.1 Å². The molecule has 2 heterocycles. The van der Waals surface area contributed by atoms with Gasteiger partial charge in [-0.2, -0.15) is 0 Å². The van der Waals surface area contributed by atoms with Crippen molar-refractivity contribution in [2.24, 2.45) is 5.92 Å². The molecule has 1 N–H and O–H groups in total. The van der Waals surface area contributed by atoms with Crippen LogP contribution in [0.25, 0.3) is 0 Å². The second kappa shape index (κ2) is 9.33. The van der Waals surface area contributed by atoms with Crippen LogP contribution < -0.4 is 5.32 Å². The molecule has 0 aromatic carbocycles. The van der Waals surface area contributed by atoms with E-state index in [4.69, 9.17) is 4.74 Å². The third-order valence-corrected chi connectivity index (χ3v) is 6.13. The smallest absolute Gasteiger partial charge is 0.224 e. The van der Waals surface area contributed by atoms with E-state index < -0.39 is 0 Å². The van der Waals surface area contributed by atoms with Crippen molar-refractivity contribution >= 4 is 5.91 Å². The van der Waals surface area contributed by atoms with Gasteiger partial charge in [-0.25, -0.2) is 0 Å². The molecule has 1 amide bonds. The average Bonchev–Trinajstić information content (AvgIpc) is 3.09. The highest BCUT2D eigenvalue weighted by Crippen LogP contribution is 2.27. The molecule has 0 bridgehead atoms. The number of carbonyl (C=O) groups is 1. The van der Waals surface area contributed by atoms with Gasteiger partial charge in [-0.3, -0.25) is 14.6 Å². The molecule has 5 heteroatoms. The van der Waals surface area contributed by atoms with E-state index in [1.54, 1.807) is 0 Å².